The third kappa shape index (κ3) is 4.76. The van der Waals surface area contributed by atoms with E-state index in [1.54, 1.807) is 20.5 Å². The van der Waals surface area contributed by atoms with E-state index in [2.05, 4.69) is 25.1 Å². The summed E-state index contributed by atoms with van der Waals surface area (Å²) < 4.78 is 16.8. The van der Waals surface area contributed by atoms with Crippen LogP contribution in [0.1, 0.15) is 30.7 Å². The largest absolute Gasteiger partial charge is 0.496 e. The maximum atomic E-state index is 13.2. The first-order valence-corrected chi connectivity index (χ1v) is 11.3. The zero-order valence-electron chi connectivity index (χ0n) is 20.3. The van der Waals surface area contributed by atoms with Crippen molar-refractivity contribution in [2.24, 2.45) is 5.92 Å². The average Bonchev–Trinajstić information content (AvgIpc) is 3.35. The molecule has 0 atom stereocenters. The van der Waals surface area contributed by atoms with Crippen LogP contribution in [0.5, 0.6) is 11.5 Å². The molecule has 2 aromatic heterocycles. The molecule has 0 radical (unpaired) electrons. The van der Waals surface area contributed by atoms with E-state index in [-0.39, 0.29) is 11.8 Å². The predicted octanol–water partition coefficient (Wildman–Crippen LogP) is 6.01. The van der Waals surface area contributed by atoms with E-state index in [1.165, 1.54) is 0 Å². The van der Waals surface area contributed by atoms with Gasteiger partial charge in [-0.15, -0.1) is 0 Å². The number of amides is 1. The van der Waals surface area contributed by atoms with Gasteiger partial charge in [0.25, 0.3) is 0 Å². The number of ether oxygens (including phenoxy) is 2. The van der Waals surface area contributed by atoms with Crippen LogP contribution in [-0.2, 0) is 17.9 Å². The summed E-state index contributed by atoms with van der Waals surface area (Å²) >= 11 is 0. The van der Waals surface area contributed by atoms with Crippen LogP contribution in [0.3, 0.4) is 0 Å². The molecule has 0 aliphatic rings. The van der Waals surface area contributed by atoms with Crippen molar-refractivity contribution in [1.29, 1.82) is 0 Å². The molecule has 0 aliphatic carbocycles. The van der Waals surface area contributed by atoms with E-state index in [9.17, 15) is 4.79 Å². The van der Waals surface area contributed by atoms with Gasteiger partial charge in [-0.1, -0.05) is 37.6 Å². The fourth-order valence-electron chi connectivity index (χ4n) is 4.13. The average molecular weight is 459 g/mol. The maximum absolute atomic E-state index is 13.2. The van der Waals surface area contributed by atoms with Gasteiger partial charge in [-0.2, -0.15) is 0 Å². The summed E-state index contributed by atoms with van der Waals surface area (Å²) in [7, 11) is 3.27. The third-order valence-electron chi connectivity index (χ3n) is 5.81. The first-order valence-electron chi connectivity index (χ1n) is 11.3. The molecule has 1 amide bonds. The SMILES string of the molecule is COc1ccc(OC)c2nc(-c3cccc(C)c3)c(CN(Cc3ccco3)C(=O)C(C)C)cc12. The molecule has 2 aromatic carbocycles. The lowest BCUT2D eigenvalue weighted by Crippen LogP contribution is -2.33. The number of hydrogen-bond acceptors (Lipinski definition) is 5. The van der Waals surface area contributed by atoms with Gasteiger partial charge in [-0.05, 0) is 48.9 Å². The van der Waals surface area contributed by atoms with E-state index >= 15 is 0 Å². The number of nitrogens with zero attached hydrogens (tertiary/aromatic N) is 2. The lowest BCUT2D eigenvalue weighted by molar-refractivity contribution is -0.136. The molecule has 4 aromatic rings. The van der Waals surface area contributed by atoms with Crippen LogP contribution in [0.4, 0.5) is 0 Å². The van der Waals surface area contributed by atoms with Gasteiger partial charge >= 0.3 is 0 Å². The Morgan fingerprint density at radius 3 is 2.41 bits per heavy atom. The Hall–Kier alpha value is -3.80. The van der Waals surface area contributed by atoms with Crippen LogP contribution >= 0.6 is 0 Å². The summed E-state index contributed by atoms with van der Waals surface area (Å²) in [6.07, 6.45) is 1.63. The van der Waals surface area contributed by atoms with Crippen molar-refractivity contribution in [1.82, 2.24) is 9.88 Å². The summed E-state index contributed by atoms with van der Waals surface area (Å²) in [4.78, 5) is 20.1. The molecular formula is C28H30N2O4. The topological polar surface area (TPSA) is 64.8 Å². The Balaban J connectivity index is 1.91. The fourth-order valence-corrected chi connectivity index (χ4v) is 4.13. The van der Waals surface area contributed by atoms with Crippen LogP contribution in [0, 0.1) is 12.8 Å². The molecule has 0 bridgehead atoms. The van der Waals surface area contributed by atoms with Crippen LogP contribution in [0.2, 0.25) is 0 Å². The van der Waals surface area contributed by atoms with Crippen molar-refractivity contribution < 1.29 is 18.7 Å². The number of fused-ring (bicyclic) bond motifs is 1. The van der Waals surface area contributed by atoms with Gasteiger partial charge in [0, 0.05) is 23.4 Å². The molecule has 0 aliphatic heterocycles. The Labute approximate surface area is 200 Å². The van der Waals surface area contributed by atoms with Gasteiger partial charge in [0.05, 0.1) is 32.7 Å². The molecule has 6 heteroatoms. The van der Waals surface area contributed by atoms with Gasteiger partial charge in [0.2, 0.25) is 5.91 Å². The summed E-state index contributed by atoms with van der Waals surface area (Å²) in [6, 6.07) is 17.7. The molecule has 0 N–H and O–H groups in total. The Kier molecular flexibility index (Phi) is 6.87. The van der Waals surface area contributed by atoms with Crippen LogP contribution in [-0.4, -0.2) is 30.0 Å². The van der Waals surface area contributed by atoms with Gasteiger partial charge < -0.3 is 18.8 Å². The number of furan rings is 1. The number of aryl methyl sites for hydroxylation is 1. The Bertz CT molecular complexity index is 1300. The quantitative estimate of drug-likeness (QED) is 0.324. The van der Waals surface area contributed by atoms with E-state index < -0.39 is 0 Å². The first kappa shape index (κ1) is 23.4. The van der Waals surface area contributed by atoms with E-state index in [4.69, 9.17) is 18.9 Å². The van der Waals surface area contributed by atoms with Crippen molar-refractivity contribution in [3.05, 3.63) is 77.7 Å². The zero-order chi connectivity index (χ0) is 24.2. The number of benzene rings is 2. The highest BCUT2D eigenvalue weighted by Gasteiger charge is 2.22. The molecule has 0 fully saturated rings. The van der Waals surface area contributed by atoms with Crippen LogP contribution in [0.25, 0.3) is 22.2 Å². The molecule has 6 nitrogen and oxygen atoms in total. The summed E-state index contributed by atoms with van der Waals surface area (Å²) in [5, 5.41) is 0.836. The molecule has 4 rings (SSSR count). The van der Waals surface area contributed by atoms with E-state index in [0.29, 0.717) is 24.6 Å². The minimum absolute atomic E-state index is 0.0456. The van der Waals surface area contributed by atoms with Crippen molar-refractivity contribution in [2.75, 3.05) is 14.2 Å². The highest BCUT2D eigenvalue weighted by Crippen LogP contribution is 2.36. The minimum atomic E-state index is -0.152. The molecule has 0 saturated carbocycles. The second-order valence-corrected chi connectivity index (χ2v) is 8.66. The number of rotatable bonds is 8. The highest BCUT2D eigenvalue weighted by molar-refractivity contribution is 5.93. The van der Waals surface area contributed by atoms with Crippen LogP contribution in [0.15, 0.2) is 65.3 Å². The number of pyridine rings is 1. The van der Waals surface area contributed by atoms with Gasteiger partial charge in [-0.25, -0.2) is 4.98 Å². The van der Waals surface area contributed by atoms with Crippen molar-refractivity contribution in [3.8, 4) is 22.8 Å². The number of methoxy groups -OCH3 is 2. The summed E-state index contributed by atoms with van der Waals surface area (Å²) in [6.45, 7) is 6.63. The third-order valence-corrected chi connectivity index (χ3v) is 5.81. The van der Waals surface area contributed by atoms with Crippen molar-refractivity contribution in [2.45, 2.75) is 33.9 Å². The number of carbonyl (C=O) groups excluding carboxylic acids is 1. The zero-order valence-corrected chi connectivity index (χ0v) is 20.3. The van der Waals surface area contributed by atoms with Crippen molar-refractivity contribution in [3.63, 3.8) is 0 Å². The fraction of sp³-hybridized carbons (Fsp3) is 0.286. The summed E-state index contributed by atoms with van der Waals surface area (Å²) in [5.74, 6) is 2.00. The molecular weight excluding hydrogens is 428 g/mol. The number of aromatic nitrogens is 1. The summed E-state index contributed by atoms with van der Waals surface area (Å²) in [5.41, 5.74) is 4.56. The monoisotopic (exact) mass is 458 g/mol. The van der Waals surface area contributed by atoms with Gasteiger partial charge in [0.1, 0.15) is 22.8 Å². The molecule has 34 heavy (non-hydrogen) atoms. The normalized spacial score (nSPS) is 11.1. The van der Waals surface area contributed by atoms with Gasteiger partial charge in [-0.3, -0.25) is 4.79 Å². The van der Waals surface area contributed by atoms with Crippen molar-refractivity contribution >= 4 is 16.8 Å². The van der Waals surface area contributed by atoms with E-state index in [0.717, 1.165) is 39.0 Å². The molecule has 0 unspecified atom stereocenters. The smallest absolute Gasteiger partial charge is 0.225 e. The predicted molar refractivity (Wildman–Crippen MR) is 133 cm³/mol. The molecule has 176 valence electrons. The molecule has 2 heterocycles. The first-order chi connectivity index (χ1) is 16.4. The minimum Gasteiger partial charge on any atom is -0.496 e. The number of hydrogen-bond donors (Lipinski definition) is 0. The van der Waals surface area contributed by atoms with Gasteiger partial charge in [0.15, 0.2) is 0 Å². The van der Waals surface area contributed by atoms with E-state index in [1.807, 2.05) is 55.1 Å². The Morgan fingerprint density at radius 1 is 1.00 bits per heavy atom. The Morgan fingerprint density at radius 2 is 1.76 bits per heavy atom. The number of carbonyl (C=O) groups is 1. The van der Waals surface area contributed by atoms with Crippen LogP contribution < -0.4 is 9.47 Å². The lowest BCUT2D eigenvalue weighted by atomic mass is 10.00. The lowest BCUT2D eigenvalue weighted by Gasteiger charge is -2.25. The standard InChI is InChI=1S/C28H30N2O4/c1-18(2)28(31)30(17-22-10-7-13-34-22)16-21-15-23-24(32-4)11-12-25(33-5)27(23)29-26(21)20-9-6-8-19(3)14-20/h6-15,18H,16-17H2,1-5H3. The maximum Gasteiger partial charge on any atom is 0.225 e. The highest BCUT2D eigenvalue weighted by atomic mass is 16.5. The second kappa shape index (κ2) is 10.00. The molecule has 0 spiro atoms. The molecule has 0 saturated heterocycles. The second-order valence-electron chi connectivity index (χ2n) is 8.66.